The van der Waals surface area contributed by atoms with E-state index in [2.05, 4.69) is 56.3 Å². The molecule has 27 heavy (non-hydrogen) atoms. The van der Waals surface area contributed by atoms with Gasteiger partial charge in [-0.2, -0.15) is 0 Å². The fraction of sp³-hybridized carbons (Fsp3) is 0.318. The van der Waals surface area contributed by atoms with E-state index in [9.17, 15) is 4.79 Å². The molecule has 0 radical (unpaired) electrons. The van der Waals surface area contributed by atoms with Crippen molar-refractivity contribution < 1.29 is 14.3 Å². The van der Waals surface area contributed by atoms with Gasteiger partial charge < -0.3 is 14.8 Å². The van der Waals surface area contributed by atoms with Crippen LogP contribution < -0.4 is 10.1 Å². The Morgan fingerprint density at radius 3 is 2.85 bits per heavy atom. The first-order valence-corrected chi connectivity index (χ1v) is 9.84. The zero-order valence-electron chi connectivity index (χ0n) is 15.6. The molecule has 1 atom stereocenters. The Labute approximate surface area is 168 Å². The Morgan fingerprint density at radius 1 is 1.26 bits per heavy atom. The predicted molar refractivity (Wildman–Crippen MR) is 111 cm³/mol. The third-order valence-corrected chi connectivity index (χ3v) is 5.50. The van der Waals surface area contributed by atoms with E-state index in [4.69, 9.17) is 4.74 Å². The Hall–Kier alpha value is -2.11. The highest BCUT2D eigenvalue weighted by Crippen LogP contribution is 2.32. The molecule has 0 fully saturated rings. The van der Waals surface area contributed by atoms with Gasteiger partial charge in [0.25, 0.3) is 0 Å². The summed E-state index contributed by atoms with van der Waals surface area (Å²) in [5.74, 6) is 0.522. The van der Waals surface area contributed by atoms with Crippen molar-refractivity contribution in [1.29, 1.82) is 0 Å². The Kier molecular flexibility index (Phi) is 6.69. The maximum absolute atomic E-state index is 11.2. The maximum Gasteiger partial charge on any atom is 0.330 e. The van der Waals surface area contributed by atoms with E-state index >= 15 is 0 Å². The van der Waals surface area contributed by atoms with Gasteiger partial charge in [-0.25, -0.2) is 4.79 Å². The van der Waals surface area contributed by atoms with Crippen molar-refractivity contribution in [3.05, 3.63) is 69.2 Å². The predicted octanol–water partition coefficient (Wildman–Crippen LogP) is 4.46. The van der Waals surface area contributed by atoms with Gasteiger partial charge in [-0.3, -0.25) is 0 Å². The highest BCUT2D eigenvalue weighted by atomic mass is 79.9. The first-order valence-electron chi connectivity index (χ1n) is 9.05. The molecule has 0 bridgehead atoms. The van der Waals surface area contributed by atoms with Gasteiger partial charge >= 0.3 is 5.97 Å². The number of ether oxygens (including phenoxy) is 2. The van der Waals surface area contributed by atoms with Gasteiger partial charge in [-0.1, -0.05) is 24.3 Å². The summed E-state index contributed by atoms with van der Waals surface area (Å²) in [6, 6.07) is 13.0. The molecule has 1 unspecified atom stereocenters. The molecule has 0 aromatic heterocycles. The van der Waals surface area contributed by atoms with Crippen molar-refractivity contribution in [1.82, 2.24) is 5.32 Å². The minimum absolute atomic E-state index is 0.333. The molecular weight excluding hydrogens is 406 g/mol. The summed E-state index contributed by atoms with van der Waals surface area (Å²) in [5, 5.41) is 3.67. The van der Waals surface area contributed by atoms with Gasteiger partial charge in [0.2, 0.25) is 0 Å². The van der Waals surface area contributed by atoms with Crippen molar-refractivity contribution in [3.63, 3.8) is 0 Å². The number of hydrogen-bond donors (Lipinski definition) is 1. The Bertz CT molecular complexity index is 847. The summed E-state index contributed by atoms with van der Waals surface area (Å²) in [6.45, 7) is 0.923. The van der Waals surface area contributed by atoms with E-state index in [1.807, 2.05) is 6.07 Å². The van der Waals surface area contributed by atoms with Crippen LogP contribution in [0.15, 0.2) is 46.9 Å². The second kappa shape index (κ2) is 9.20. The fourth-order valence-electron chi connectivity index (χ4n) is 3.44. The lowest BCUT2D eigenvalue weighted by Gasteiger charge is -2.14. The van der Waals surface area contributed by atoms with E-state index in [-0.39, 0.29) is 5.97 Å². The molecule has 0 amide bonds. The van der Waals surface area contributed by atoms with Crippen LogP contribution in [0.1, 0.15) is 34.7 Å². The van der Waals surface area contributed by atoms with Crippen LogP contribution in [0.2, 0.25) is 0 Å². The molecule has 1 aliphatic rings. The zero-order chi connectivity index (χ0) is 19.2. The molecule has 1 N–H and O–H groups in total. The molecule has 3 rings (SSSR count). The standard InChI is InChI=1S/C22H24BrNO3/c1-26-21-9-4-16(14-19(21)23)11-12-24-20-8-6-17-13-15(3-7-18(17)20)5-10-22(25)27-2/h3-5,7,9-10,13-14,20,24H,6,8,11-12H2,1-2H3. The molecule has 5 heteroatoms. The first kappa shape index (κ1) is 19.6. The summed E-state index contributed by atoms with van der Waals surface area (Å²) in [5.41, 5.74) is 5.02. The number of carbonyl (C=O) groups excluding carboxylic acids is 1. The molecule has 2 aromatic rings. The summed E-state index contributed by atoms with van der Waals surface area (Å²) in [6.07, 6.45) is 6.38. The molecule has 0 heterocycles. The van der Waals surface area contributed by atoms with Crippen LogP contribution in [0.25, 0.3) is 6.08 Å². The molecule has 4 nitrogen and oxygen atoms in total. The first-order chi connectivity index (χ1) is 13.1. The molecular formula is C22H24BrNO3. The van der Waals surface area contributed by atoms with Crippen molar-refractivity contribution in [2.75, 3.05) is 20.8 Å². The molecule has 1 aliphatic carbocycles. The Balaban J connectivity index is 1.57. The Morgan fingerprint density at radius 2 is 2.11 bits per heavy atom. The van der Waals surface area contributed by atoms with E-state index in [1.165, 1.54) is 29.9 Å². The molecule has 0 saturated heterocycles. The van der Waals surface area contributed by atoms with Crippen LogP contribution in [-0.2, 0) is 22.4 Å². The van der Waals surface area contributed by atoms with Gasteiger partial charge in [0.05, 0.1) is 18.7 Å². The van der Waals surface area contributed by atoms with Crippen LogP contribution >= 0.6 is 15.9 Å². The SMILES string of the molecule is COC(=O)C=Cc1ccc2c(c1)CCC2NCCc1ccc(OC)c(Br)c1. The zero-order valence-corrected chi connectivity index (χ0v) is 17.2. The number of aryl methyl sites for hydroxylation is 1. The number of benzene rings is 2. The average molecular weight is 430 g/mol. The largest absolute Gasteiger partial charge is 0.496 e. The number of nitrogens with one attached hydrogen (secondary N) is 1. The highest BCUT2D eigenvalue weighted by molar-refractivity contribution is 9.10. The lowest BCUT2D eigenvalue weighted by molar-refractivity contribution is -0.134. The van der Waals surface area contributed by atoms with Crippen molar-refractivity contribution in [3.8, 4) is 5.75 Å². The van der Waals surface area contributed by atoms with E-state index in [0.29, 0.717) is 6.04 Å². The second-order valence-electron chi connectivity index (χ2n) is 6.58. The molecule has 0 saturated carbocycles. The monoisotopic (exact) mass is 429 g/mol. The van der Waals surface area contributed by atoms with E-state index in [0.717, 1.165) is 41.6 Å². The molecule has 0 spiro atoms. The van der Waals surface area contributed by atoms with Gasteiger partial charge in [-0.05, 0) is 82.2 Å². The van der Waals surface area contributed by atoms with Gasteiger partial charge in [-0.15, -0.1) is 0 Å². The lowest BCUT2D eigenvalue weighted by atomic mass is 10.0. The summed E-state index contributed by atoms with van der Waals surface area (Å²) < 4.78 is 10.9. The van der Waals surface area contributed by atoms with Crippen molar-refractivity contribution in [2.45, 2.75) is 25.3 Å². The highest BCUT2D eigenvalue weighted by Gasteiger charge is 2.21. The van der Waals surface area contributed by atoms with Crippen LogP contribution in [0.5, 0.6) is 5.75 Å². The van der Waals surface area contributed by atoms with Crippen molar-refractivity contribution >= 4 is 28.0 Å². The number of hydrogen-bond acceptors (Lipinski definition) is 4. The lowest BCUT2D eigenvalue weighted by Crippen LogP contribution is -2.21. The number of carbonyl (C=O) groups is 1. The molecule has 0 aliphatic heterocycles. The van der Waals surface area contributed by atoms with Crippen LogP contribution in [0, 0.1) is 0 Å². The minimum atomic E-state index is -0.333. The van der Waals surface area contributed by atoms with Gasteiger partial charge in [0.1, 0.15) is 5.75 Å². The fourth-order valence-corrected chi connectivity index (χ4v) is 4.03. The van der Waals surface area contributed by atoms with Gasteiger partial charge in [0.15, 0.2) is 0 Å². The van der Waals surface area contributed by atoms with E-state index < -0.39 is 0 Å². The van der Waals surface area contributed by atoms with Crippen LogP contribution in [0.4, 0.5) is 0 Å². The average Bonchev–Trinajstić information content (AvgIpc) is 3.08. The quantitative estimate of drug-likeness (QED) is 0.521. The number of rotatable bonds is 7. The van der Waals surface area contributed by atoms with Crippen LogP contribution in [-0.4, -0.2) is 26.7 Å². The number of halogens is 1. The van der Waals surface area contributed by atoms with Gasteiger partial charge in [0, 0.05) is 12.1 Å². The number of methoxy groups -OCH3 is 2. The summed E-state index contributed by atoms with van der Waals surface area (Å²) in [7, 11) is 3.06. The third-order valence-electron chi connectivity index (χ3n) is 4.88. The maximum atomic E-state index is 11.2. The number of fused-ring (bicyclic) bond motifs is 1. The second-order valence-corrected chi connectivity index (χ2v) is 7.43. The smallest absolute Gasteiger partial charge is 0.330 e. The third kappa shape index (κ3) is 4.99. The number of esters is 1. The summed E-state index contributed by atoms with van der Waals surface area (Å²) >= 11 is 3.54. The molecule has 142 valence electrons. The minimum Gasteiger partial charge on any atom is -0.496 e. The summed E-state index contributed by atoms with van der Waals surface area (Å²) in [4.78, 5) is 11.2. The van der Waals surface area contributed by atoms with E-state index in [1.54, 1.807) is 13.2 Å². The van der Waals surface area contributed by atoms with Crippen molar-refractivity contribution in [2.24, 2.45) is 0 Å². The molecule has 2 aromatic carbocycles. The van der Waals surface area contributed by atoms with Crippen LogP contribution in [0.3, 0.4) is 0 Å². The normalized spacial score (nSPS) is 15.7. The topological polar surface area (TPSA) is 47.6 Å².